The molecule has 20 heavy (non-hydrogen) atoms. The van der Waals surface area contributed by atoms with Gasteiger partial charge in [0.25, 0.3) is 0 Å². The van der Waals surface area contributed by atoms with Crippen molar-refractivity contribution in [3.63, 3.8) is 0 Å². The molecule has 0 aromatic heterocycles. The predicted octanol–water partition coefficient (Wildman–Crippen LogP) is 3.53. The number of nitrogens with one attached hydrogen (secondary N) is 1. The van der Waals surface area contributed by atoms with Gasteiger partial charge in [0.15, 0.2) is 0 Å². The number of ether oxygens (including phenoxy) is 1. The van der Waals surface area contributed by atoms with E-state index in [0.29, 0.717) is 17.0 Å². The number of hydrogen-bond acceptors (Lipinski definition) is 3. The molecule has 3 nitrogen and oxygen atoms in total. The highest BCUT2D eigenvalue weighted by Crippen LogP contribution is 2.35. The van der Waals surface area contributed by atoms with Gasteiger partial charge < -0.3 is 10.1 Å². The topological polar surface area (TPSA) is 38.3 Å². The van der Waals surface area contributed by atoms with Crippen molar-refractivity contribution in [3.8, 4) is 0 Å². The van der Waals surface area contributed by atoms with Gasteiger partial charge in [0.1, 0.15) is 0 Å². The Balaban J connectivity index is 2.05. The van der Waals surface area contributed by atoms with Crippen LogP contribution in [0.1, 0.15) is 55.5 Å². The van der Waals surface area contributed by atoms with Gasteiger partial charge in [-0.1, -0.05) is 44.9 Å². The van der Waals surface area contributed by atoms with Gasteiger partial charge in [0.2, 0.25) is 0 Å². The van der Waals surface area contributed by atoms with Crippen molar-refractivity contribution in [1.29, 1.82) is 0 Å². The molecule has 2 rings (SSSR count). The Morgan fingerprint density at radius 1 is 1.35 bits per heavy atom. The van der Waals surface area contributed by atoms with Crippen molar-refractivity contribution >= 4 is 5.97 Å². The third-order valence-electron chi connectivity index (χ3n) is 4.47. The van der Waals surface area contributed by atoms with Gasteiger partial charge >= 0.3 is 5.97 Å². The van der Waals surface area contributed by atoms with Crippen LogP contribution in [0.15, 0.2) is 24.3 Å². The number of carbonyl (C=O) groups excluding carboxylic acids is 1. The normalized spacial score (nSPS) is 21.4. The summed E-state index contributed by atoms with van der Waals surface area (Å²) in [5, 5.41) is 3.64. The molecule has 3 heteroatoms. The molecule has 110 valence electrons. The van der Waals surface area contributed by atoms with Gasteiger partial charge in [0, 0.05) is 12.6 Å². The fraction of sp³-hybridized carbons (Fsp3) is 0.588. The summed E-state index contributed by atoms with van der Waals surface area (Å²) in [5.41, 5.74) is 2.01. The van der Waals surface area contributed by atoms with Crippen LogP contribution in [0.2, 0.25) is 0 Å². The highest BCUT2D eigenvalue weighted by atomic mass is 16.5. The Hall–Kier alpha value is -1.35. The highest BCUT2D eigenvalue weighted by molar-refractivity contribution is 5.90. The van der Waals surface area contributed by atoms with Gasteiger partial charge in [-0.25, -0.2) is 4.79 Å². The first kappa shape index (κ1) is 15.0. The molecule has 1 aliphatic carbocycles. The molecule has 0 amide bonds. The Morgan fingerprint density at radius 2 is 2.10 bits per heavy atom. The Labute approximate surface area is 121 Å². The zero-order valence-corrected chi connectivity index (χ0v) is 12.7. The minimum Gasteiger partial charge on any atom is -0.465 e. The summed E-state index contributed by atoms with van der Waals surface area (Å²) in [4.78, 5) is 11.8. The number of benzene rings is 1. The van der Waals surface area contributed by atoms with Crippen molar-refractivity contribution in [3.05, 3.63) is 35.4 Å². The summed E-state index contributed by atoms with van der Waals surface area (Å²) in [5.74, 6) is -0.259. The maximum atomic E-state index is 11.8. The monoisotopic (exact) mass is 275 g/mol. The SMILES string of the molecule is COC(=O)c1ccccc1CNC1CCCCC1(C)C. The lowest BCUT2D eigenvalue weighted by molar-refractivity contribution is 0.0599. The Kier molecular flexibility index (Phi) is 4.81. The molecule has 1 atom stereocenters. The molecule has 1 N–H and O–H groups in total. The van der Waals surface area contributed by atoms with Crippen LogP contribution < -0.4 is 5.32 Å². The molecule has 1 aromatic rings. The molecule has 0 radical (unpaired) electrons. The second kappa shape index (κ2) is 6.40. The second-order valence-corrected chi connectivity index (χ2v) is 6.32. The standard InChI is InChI=1S/C17H25NO2/c1-17(2)11-7-6-10-15(17)18-12-13-8-4-5-9-14(13)16(19)20-3/h4-5,8-9,15,18H,6-7,10-12H2,1-3H3. The molecule has 1 saturated carbocycles. The molecule has 1 aromatic carbocycles. The second-order valence-electron chi connectivity index (χ2n) is 6.32. The Bertz CT molecular complexity index is 468. The molecule has 0 bridgehead atoms. The predicted molar refractivity (Wildman–Crippen MR) is 80.7 cm³/mol. The van der Waals surface area contributed by atoms with E-state index in [1.807, 2.05) is 24.3 Å². The first-order valence-corrected chi connectivity index (χ1v) is 7.44. The molecular formula is C17H25NO2. The lowest BCUT2D eigenvalue weighted by Gasteiger charge is -2.39. The number of hydrogen-bond donors (Lipinski definition) is 1. The zero-order valence-electron chi connectivity index (χ0n) is 12.7. The zero-order chi connectivity index (χ0) is 14.6. The van der Waals surface area contributed by atoms with E-state index >= 15 is 0 Å². The van der Waals surface area contributed by atoms with Crippen LogP contribution >= 0.6 is 0 Å². The third-order valence-corrected chi connectivity index (χ3v) is 4.47. The minimum absolute atomic E-state index is 0.259. The van der Waals surface area contributed by atoms with Gasteiger partial charge in [-0.15, -0.1) is 0 Å². The van der Waals surface area contributed by atoms with Gasteiger partial charge in [-0.3, -0.25) is 0 Å². The number of esters is 1. The van der Waals surface area contributed by atoms with E-state index in [1.54, 1.807) is 0 Å². The number of rotatable bonds is 4. The van der Waals surface area contributed by atoms with Crippen LogP contribution in [-0.2, 0) is 11.3 Å². The maximum Gasteiger partial charge on any atom is 0.338 e. The Morgan fingerprint density at radius 3 is 2.80 bits per heavy atom. The van der Waals surface area contributed by atoms with E-state index in [2.05, 4.69) is 19.2 Å². The van der Waals surface area contributed by atoms with Crippen LogP contribution in [0.4, 0.5) is 0 Å². The smallest absolute Gasteiger partial charge is 0.338 e. The van der Waals surface area contributed by atoms with Crippen LogP contribution in [0.25, 0.3) is 0 Å². The quantitative estimate of drug-likeness (QED) is 0.854. The minimum atomic E-state index is -0.259. The summed E-state index contributed by atoms with van der Waals surface area (Å²) in [6.45, 7) is 5.38. The molecule has 0 spiro atoms. The molecule has 0 aliphatic heterocycles. The van der Waals surface area contributed by atoms with E-state index in [1.165, 1.54) is 32.8 Å². The lowest BCUT2D eigenvalue weighted by Crippen LogP contribution is -2.43. The van der Waals surface area contributed by atoms with E-state index in [0.717, 1.165) is 12.1 Å². The number of methoxy groups -OCH3 is 1. The largest absolute Gasteiger partial charge is 0.465 e. The third kappa shape index (κ3) is 3.40. The van der Waals surface area contributed by atoms with Crippen molar-refractivity contribution in [2.24, 2.45) is 5.41 Å². The summed E-state index contributed by atoms with van der Waals surface area (Å²) in [6, 6.07) is 8.18. The summed E-state index contributed by atoms with van der Waals surface area (Å²) in [7, 11) is 1.43. The van der Waals surface area contributed by atoms with Gasteiger partial charge in [-0.05, 0) is 29.9 Å². The van der Waals surface area contributed by atoms with E-state index in [9.17, 15) is 4.79 Å². The van der Waals surface area contributed by atoms with Crippen molar-refractivity contribution < 1.29 is 9.53 Å². The average Bonchev–Trinajstić information content (AvgIpc) is 2.45. The molecule has 1 aliphatic rings. The van der Waals surface area contributed by atoms with Crippen LogP contribution in [0.5, 0.6) is 0 Å². The van der Waals surface area contributed by atoms with Crippen LogP contribution in [0.3, 0.4) is 0 Å². The van der Waals surface area contributed by atoms with Crippen molar-refractivity contribution in [2.45, 2.75) is 52.1 Å². The van der Waals surface area contributed by atoms with E-state index in [-0.39, 0.29) is 5.97 Å². The lowest BCUT2D eigenvalue weighted by atomic mass is 9.73. The van der Waals surface area contributed by atoms with E-state index < -0.39 is 0 Å². The molecule has 1 fully saturated rings. The van der Waals surface area contributed by atoms with Crippen LogP contribution in [-0.4, -0.2) is 19.1 Å². The summed E-state index contributed by atoms with van der Waals surface area (Å²) >= 11 is 0. The average molecular weight is 275 g/mol. The summed E-state index contributed by atoms with van der Waals surface area (Å²) < 4.78 is 4.84. The van der Waals surface area contributed by atoms with Crippen LogP contribution in [0, 0.1) is 5.41 Å². The van der Waals surface area contributed by atoms with Gasteiger partial charge in [0.05, 0.1) is 12.7 Å². The van der Waals surface area contributed by atoms with Crippen molar-refractivity contribution in [2.75, 3.05) is 7.11 Å². The maximum absolute atomic E-state index is 11.8. The number of carbonyl (C=O) groups is 1. The molecule has 1 unspecified atom stereocenters. The van der Waals surface area contributed by atoms with E-state index in [4.69, 9.17) is 4.74 Å². The molecule has 0 heterocycles. The first-order valence-electron chi connectivity index (χ1n) is 7.44. The summed E-state index contributed by atoms with van der Waals surface area (Å²) in [6.07, 6.45) is 5.10. The molecular weight excluding hydrogens is 250 g/mol. The van der Waals surface area contributed by atoms with Gasteiger partial charge in [-0.2, -0.15) is 0 Å². The van der Waals surface area contributed by atoms with Crippen molar-refractivity contribution in [1.82, 2.24) is 5.32 Å². The highest BCUT2D eigenvalue weighted by Gasteiger charge is 2.31. The fourth-order valence-electron chi connectivity index (χ4n) is 3.09. The first-order chi connectivity index (χ1) is 9.54. The molecule has 0 saturated heterocycles. The fourth-order valence-corrected chi connectivity index (χ4v) is 3.09.